The first-order valence-corrected chi connectivity index (χ1v) is 3.07. The summed E-state index contributed by atoms with van der Waals surface area (Å²) in [5, 5.41) is 0. The summed E-state index contributed by atoms with van der Waals surface area (Å²) in [5.74, 6) is 0. The standard InChI is InChI=1S/C7H8O2/c1-2-6-7(8-4-1)3-5-9-6/h1-3,5-7H,4H2. The normalized spacial score (nSPS) is 38.2. The first-order chi connectivity index (χ1) is 4.47. The first kappa shape index (κ1) is 5.06. The summed E-state index contributed by atoms with van der Waals surface area (Å²) < 4.78 is 10.5. The summed E-state index contributed by atoms with van der Waals surface area (Å²) in [5.41, 5.74) is 0. The van der Waals surface area contributed by atoms with Crippen LogP contribution in [0.4, 0.5) is 0 Å². The van der Waals surface area contributed by atoms with Gasteiger partial charge in [-0.3, -0.25) is 0 Å². The molecule has 48 valence electrons. The van der Waals surface area contributed by atoms with E-state index >= 15 is 0 Å². The third-order valence-electron chi connectivity index (χ3n) is 1.54. The second kappa shape index (κ2) is 1.88. The highest BCUT2D eigenvalue weighted by molar-refractivity contribution is 5.09. The van der Waals surface area contributed by atoms with Gasteiger partial charge in [-0.15, -0.1) is 0 Å². The molecule has 0 N–H and O–H groups in total. The zero-order chi connectivity index (χ0) is 6.10. The number of fused-ring (bicyclic) bond motifs is 1. The van der Waals surface area contributed by atoms with Gasteiger partial charge in [0.2, 0.25) is 0 Å². The van der Waals surface area contributed by atoms with Crippen molar-refractivity contribution in [1.82, 2.24) is 0 Å². The topological polar surface area (TPSA) is 18.5 Å². The molecular formula is C7H8O2. The predicted octanol–water partition coefficient (Wildman–Crippen LogP) is 0.854. The van der Waals surface area contributed by atoms with E-state index in [2.05, 4.69) is 0 Å². The lowest BCUT2D eigenvalue weighted by molar-refractivity contribution is 0.0285. The van der Waals surface area contributed by atoms with Gasteiger partial charge in [0.25, 0.3) is 0 Å². The fourth-order valence-corrected chi connectivity index (χ4v) is 1.06. The number of hydrogen-bond acceptors (Lipinski definition) is 2. The maximum absolute atomic E-state index is 5.30. The van der Waals surface area contributed by atoms with Crippen molar-refractivity contribution in [2.45, 2.75) is 12.2 Å². The van der Waals surface area contributed by atoms with Gasteiger partial charge in [0.15, 0.2) is 0 Å². The molecule has 0 aromatic rings. The molecule has 2 atom stereocenters. The molecule has 0 aliphatic carbocycles. The van der Waals surface area contributed by atoms with Crippen LogP contribution < -0.4 is 0 Å². The van der Waals surface area contributed by atoms with Crippen LogP contribution in [0.2, 0.25) is 0 Å². The second-order valence-corrected chi connectivity index (χ2v) is 2.16. The van der Waals surface area contributed by atoms with Crippen molar-refractivity contribution in [3.05, 3.63) is 24.5 Å². The van der Waals surface area contributed by atoms with Gasteiger partial charge >= 0.3 is 0 Å². The van der Waals surface area contributed by atoms with Gasteiger partial charge in [-0.05, 0) is 12.2 Å². The van der Waals surface area contributed by atoms with Gasteiger partial charge in [-0.1, -0.05) is 6.08 Å². The monoisotopic (exact) mass is 124 g/mol. The van der Waals surface area contributed by atoms with E-state index in [0.717, 1.165) is 6.61 Å². The van der Waals surface area contributed by atoms with Gasteiger partial charge in [-0.25, -0.2) is 0 Å². The van der Waals surface area contributed by atoms with Crippen LogP contribution in [0.5, 0.6) is 0 Å². The zero-order valence-corrected chi connectivity index (χ0v) is 4.99. The van der Waals surface area contributed by atoms with Crippen LogP contribution >= 0.6 is 0 Å². The van der Waals surface area contributed by atoms with Crippen LogP contribution in [0.3, 0.4) is 0 Å². The Labute approximate surface area is 53.8 Å². The lowest BCUT2D eigenvalue weighted by Gasteiger charge is -2.18. The quantitative estimate of drug-likeness (QED) is 0.446. The highest BCUT2D eigenvalue weighted by Gasteiger charge is 2.24. The van der Waals surface area contributed by atoms with E-state index in [-0.39, 0.29) is 12.2 Å². The molecule has 2 aliphatic heterocycles. The maximum atomic E-state index is 5.30. The van der Waals surface area contributed by atoms with Gasteiger partial charge in [0, 0.05) is 0 Å². The minimum absolute atomic E-state index is 0.152. The molecule has 0 spiro atoms. The molecule has 2 heteroatoms. The molecule has 2 rings (SSSR count). The molecule has 0 aromatic carbocycles. The molecule has 2 heterocycles. The van der Waals surface area contributed by atoms with Crippen LogP contribution in [-0.2, 0) is 9.47 Å². The molecule has 0 saturated carbocycles. The molecule has 0 fully saturated rings. The summed E-state index contributed by atoms with van der Waals surface area (Å²) in [6, 6.07) is 0. The van der Waals surface area contributed by atoms with E-state index in [1.165, 1.54) is 0 Å². The maximum Gasteiger partial charge on any atom is 0.146 e. The molecule has 0 bridgehead atoms. The predicted molar refractivity (Wildman–Crippen MR) is 32.9 cm³/mol. The fourth-order valence-electron chi connectivity index (χ4n) is 1.06. The summed E-state index contributed by atoms with van der Waals surface area (Å²) in [6.07, 6.45) is 7.98. The van der Waals surface area contributed by atoms with E-state index in [9.17, 15) is 0 Å². The molecule has 0 amide bonds. The van der Waals surface area contributed by atoms with Crippen LogP contribution in [0, 0.1) is 0 Å². The van der Waals surface area contributed by atoms with Crippen LogP contribution in [0.15, 0.2) is 24.5 Å². The summed E-state index contributed by atoms with van der Waals surface area (Å²) in [7, 11) is 0. The zero-order valence-electron chi connectivity index (χ0n) is 4.99. The van der Waals surface area contributed by atoms with E-state index in [1.807, 2.05) is 18.2 Å². The Kier molecular flexibility index (Phi) is 1.06. The van der Waals surface area contributed by atoms with Crippen molar-refractivity contribution in [3.63, 3.8) is 0 Å². The highest BCUT2D eigenvalue weighted by Crippen LogP contribution is 2.17. The summed E-state index contributed by atoms with van der Waals surface area (Å²) in [6.45, 7) is 0.717. The molecule has 0 saturated heterocycles. The minimum atomic E-state index is 0.152. The number of rotatable bonds is 0. The van der Waals surface area contributed by atoms with Crippen molar-refractivity contribution in [2.24, 2.45) is 0 Å². The van der Waals surface area contributed by atoms with E-state index in [1.54, 1.807) is 6.26 Å². The van der Waals surface area contributed by atoms with Crippen molar-refractivity contribution < 1.29 is 9.47 Å². The lowest BCUT2D eigenvalue weighted by atomic mass is 10.2. The molecule has 2 nitrogen and oxygen atoms in total. The SMILES string of the molecule is C1=CC2OC=CC2OC1. The van der Waals surface area contributed by atoms with Crippen molar-refractivity contribution >= 4 is 0 Å². The molecule has 0 aromatic heterocycles. The molecule has 0 radical (unpaired) electrons. The van der Waals surface area contributed by atoms with Crippen molar-refractivity contribution in [3.8, 4) is 0 Å². The summed E-state index contributed by atoms with van der Waals surface area (Å²) >= 11 is 0. The van der Waals surface area contributed by atoms with Crippen LogP contribution in [-0.4, -0.2) is 18.8 Å². The minimum Gasteiger partial charge on any atom is -0.491 e. The lowest BCUT2D eigenvalue weighted by Crippen LogP contribution is -2.26. The van der Waals surface area contributed by atoms with Gasteiger partial charge < -0.3 is 9.47 Å². The average molecular weight is 124 g/mol. The first-order valence-electron chi connectivity index (χ1n) is 3.07. The highest BCUT2D eigenvalue weighted by atomic mass is 16.5. The molecule has 2 aliphatic rings. The van der Waals surface area contributed by atoms with Crippen LogP contribution in [0.25, 0.3) is 0 Å². The Balaban J connectivity index is 2.16. The second-order valence-electron chi connectivity index (χ2n) is 2.16. The average Bonchev–Trinajstić information content (AvgIpc) is 2.33. The van der Waals surface area contributed by atoms with Gasteiger partial charge in [0.1, 0.15) is 12.2 Å². The van der Waals surface area contributed by atoms with E-state index in [4.69, 9.17) is 9.47 Å². The molecular weight excluding hydrogens is 116 g/mol. The number of hydrogen-bond donors (Lipinski definition) is 0. The Bertz CT molecular complexity index is 160. The third-order valence-corrected chi connectivity index (χ3v) is 1.54. The van der Waals surface area contributed by atoms with Gasteiger partial charge in [-0.2, -0.15) is 0 Å². The van der Waals surface area contributed by atoms with Gasteiger partial charge in [0.05, 0.1) is 12.9 Å². The van der Waals surface area contributed by atoms with E-state index < -0.39 is 0 Å². The third kappa shape index (κ3) is 0.754. The molecule has 2 unspecified atom stereocenters. The number of ether oxygens (including phenoxy) is 2. The molecule has 9 heavy (non-hydrogen) atoms. The van der Waals surface area contributed by atoms with E-state index in [0.29, 0.717) is 0 Å². The van der Waals surface area contributed by atoms with Crippen molar-refractivity contribution in [2.75, 3.05) is 6.61 Å². The largest absolute Gasteiger partial charge is 0.491 e. The van der Waals surface area contributed by atoms with Crippen LogP contribution in [0.1, 0.15) is 0 Å². The summed E-state index contributed by atoms with van der Waals surface area (Å²) in [4.78, 5) is 0. The smallest absolute Gasteiger partial charge is 0.146 e. The Morgan fingerprint density at radius 1 is 1.22 bits per heavy atom. The Hall–Kier alpha value is -0.760. The fraction of sp³-hybridized carbons (Fsp3) is 0.429. The van der Waals surface area contributed by atoms with Crippen molar-refractivity contribution in [1.29, 1.82) is 0 Å². The Morgan fingerprint density at radius 3 is 3.11 bits per heavy atom. The Morgan fingerprint density at radius 2 is 2.22 bits per heavy atom.